The lowest BCUT2D eigenvalue weighted by molar-refractivity contribution is -0.136. The molecule has 0 radical (unpaired) electrons. The van der Waals surface area contributed by atoms with Crippen LogP contribution in [0.2, 0.25) is 0 Å². The number of benzene rings is 4. The summed E-state index contributed by atoms with van der Waals surface area (Å²) in [6.07, 6.45) is 4.67. The van der Waals surface area contributed by atoms with Crippen molar-refractivity contribution in [2.75, 3.05) is 81.8 Å². The Morgan fingerprint density at radius 3 is 2.08 bits per heavy atom. The largest absolute Gasteiger partial charge is 0.508 e. The van der Waals surface area contributed by atoms with Gasteiger partial charge in [0.05, 0.1) is 0 Å². The number of rotatable bonds is 7. The quantitative estimate of drug-likeness (QED) is 0.225. The van der Waals surface area contributed by atoms with Crippen LogP contribution in [0.5, 0.6) is 5.75 Å². The average Bonchev–Trinajstić information content (AvgIpc) is 3.63. The highest BCUT2D eigenvalue weighted by Crippen LogP contribution is 2.47. The van der Waals surface area contributed by atoms with Crippen LogP contribution in [0.25, 0.3) is 0 Å². The van der Waals surface area contributed by atoms with Gasteiger partial charge in [-0.05, 0) is 114 Å². The van der Waals surface area contributed by atoms with Gasteiger partial charge in [-0.1, -0.05) is 48.5 Å². The fraction of sp³-hybridized carbons (Fsp3) is 0.440. The van der Waals surface area contributed by atoms with Crippen molar-refractivity contribution < 1.29 is 24.3 Å². The van der Waals surface area contributed by atoms with E-state index in [9.17, 15) is 24.3 Å². The number of aryl methyl sites for hydroxylation is 1. The molecule has 12 heteroatoms. The smallest absolute Gasteiger partial charge is 0.320 e. The van der Waals surface area contributed by atoms with Gasteiger partial charge < -0.3 is 29.6 Å². The van der Waals surface area contributed by atoms with E-state index in [1.807, 2.05) is 29.2 Å². The number of hydrogen-bond donors (Lipinski definition) is 2. The number of aromatic hydroxyl groups is 1. The number of carbonyl (C=O) groups is 4. The van der Waals surface area contributed by atoms with Crippen LogP contribution in [0, 0.1) is 5.92 Å². The van der Waals surface area contributed by atoms with Gasteiger partial charge in [-0.3, -0.25) is 24.6 Å². The van der Waals surface area contributed by atoms with Crippen molar-refractivity contribution in [3.63, 3.8) is 0 Å². The summed E-state index contributed by atoms with van der Waals surface area (Å²) in [5, 5.41) is 12.6. The number of amides is 5. The second-order valence-electron chi connectivity index (χ2n) is 18.2. The Morgan fingerprint density at radius 1 is 0.645 bits per heavy atom. The number of urea groups is 1. The maximum absolute atomic E-state index is 13.7. The number of nitrogens with one attached hydrogen (secondary N) is 1. The van der Waals surface area contributed by atoms with E-state index in [0.717, 1.165) is 109 Å². The standard InChI is InChI=1S/C50H57N7O5/c58-41-12-15-43-37(31-41)8-13-42(35-4-2-1-3-5-35)47(43)36-6-9-39(10-7-36)53-26-28-56(29-27-53)50(62)55-20-18-34(19-21-55)32-52-22-24-54(25-23-52)40-11-14-44-38(30-40)33-57(49(44)61)45-16-17-46(59)51-48(45)60/h1-7,9-12,14-15,30-31,34,42,45,47,58H,8,13,16-29,32-33H2,(H,51,59,60)/t42-,45?,47+/m1/s1. The molecule has 12 nitrogen and oxygen atoms in total. The Bertz CT molecular complexity index is 2310. The maximum atomic E-state index is 13.7. The fourth-order valence-electron chi connectivity index (χ4n) is 11.1. The van der Waals surface area contributed by atoms with E-state index >= 15 is 0 Å². The fourth-order valence-corrected chi connectivity index (χ4v) is 11.1. The highest BCUT2D eigenvalue weighted by molar-refractivity contribution is 6.05. The van der Waals surface area contributed by atoms with Crippen molar-refractivity contribution in [3.8, 4) is 5.75 Å². The number of anilines is 2. The SMILES string of the molecule is O=C1CCC(N2Cc3cc(N4CCN(CC5CCN(C(=O)N6CCN(c7ccc([C@@H]8c9ccc(O)cc9CC[C@@H]8c8ccccc8)cc7)CC6)CC5)CC4)ccc3C2=O)C(=O)N1. The first kappa shape index (κ1) is 40.2. The molecule has 0 spiro atoms. The highest BCUT2D eigenvalue weighted by Gasteiger charge is 2.40. The number of phenols is 1. The summed E-state index contributed by atoms with van der Waals surface area (Å²) in [5.41, 5.74) is 9.09. The van der Waals surface area contributed by atoms with Crippen molar-refractivity contribution in [2.24, 2.45) is 5.92 Å². The van der Waals surface area contributed by atoms with Crippen LogP contribution in [0.1, 0.15) is 82.1 Å². The molecular formula is C50H57N7O5. The number of hydrogen-bond acceptors (Lipinski definition) is 8. The first-order valence-corrected chi connectivity index (χ1v) is 22.8. The molecule has 322 valence electrons. The topological polar surface area (TPSA) is 120 Å². The third-order valence-corrected chi connectivity index (χ3v) is 14.6. The molecule has 0 saturated carbocycles. The molecule has 4 aromatic carbocycles. The van der Waals surface area contributed by atoms with Crippen molar-refractivity contribution in [3.05, 3.63) is 124 Å². The molecule has 1 unspecified atom stereocenters. The predicted molar refractivity (Wildman–Crippen MR) is 239 cm³/mol. The maximum Gasteiger partial charge on any atom is 0.320 e. The van der Waals surface area contributed by atoms with Crippen molar-refractivity contribution in [2.45, 2.75) is 62.9 Å². The monoisotopic (exact) mass is 835 g/mol. The lowest BCUT2D eigenvalue weighted by Crippen LogP contribution is -2.54. The molecule has 1 aliphatic carbocycles. The van der Waals surface area contributed by atoms with Crippen LogP contribution in [-0.4, -0.2) is 126 Å². The van der Waals surface area contributed by atoms with Gasteiger partial charge in [0.15, 0.2) is 0 Å². The summed E-state index contributed by atoms with van der Waals surface area (Å²) in [7, 11) is 0. The number of piperazine rings is 2. The summed E-state index contributed by atoms with van der Waals surface area (Å²) < 4.78 is 0. The molecule has 0 aromatic heterocycles. The van der Waals surface area contributed by atoms with Crippen LogP contribution in [0.3, 0.4) is 0 Å². The number of piperidine rings is 2. The van der Waals surface area contributed by atoms with E-state index in [1.54, 1.807) is 4.90 Å². The Labute approximate surface area is 364 Å². The van der Waals surface area contributed by atoms with Crippen molar-refractivity contribution in [1.82, 2.24) is 24.9 Å². The van der Waals surface area contributed by atoms with E-state index in [0.29, 0.717) is 36.1 Å². The second kappa shape index (κ2) is 17.1. The zero-order chi connectivity index (χ0) is 42.3. The second-order valence-corrected chi connectivity index (χ2v) is 18.2. The molecule has 5 aliphatic heterocycles. The Balaban J connectivity index is 0.677. The van der Waals surface area contributed by atoms with Gasteiger partial charge in [0.2, 0.25) is 11.8 Å². The van der Waals surface area contributed by atoms with Crippen LogP contribution < -0.4 is 15.1 Å². The van der Waals surface area contributed by atoms with Gasteiger partial charge >= 0.3 is 6.03 Å². The minimum absolute atomic E-state index is 0.137. The average molecular weight is 836 g/mol. The molecule has 3 atom stereocenters. The molecule has 62 heavy (non-hydrogen) atoms. The van der Waals surface area contributed by atoms with E-state index in [-0.39, 0.29) is 36.1 Å². The minimum Gasteiger partial charge on any atom is -0.508 e. The van der Waals surface area contributed by atoms with E-state index < -0.39 is 6.04 Å². The third-order valence-electron chi connectivity index (χ3n) is 14.6. The van der Waals surface area contributed by atoms with Gasteiger partial charge in [0.1, 0.15) is 11.8 Å². The lowest BCUT2D eigenvalue weighted by atomic mass is 9.69. The number of nitrogens with zero attached hydrogens (tertiary/aromatic N) is 6. The Hall–Kier alpha value is -5.88. The normalized spacial score (nSPS) is 23.6. The Morgan fingerprint density at radius 2 is 1.34 bits per heavy atom. The molecule has 4 fully saturated rings. The zero-order valence-corrected chi connectivity index (χ0v) is 35.5. The molecule has 0 bridgehead atoms. The molecule has 4 aromatic rings. The van der Waals surface area contributed by atoms with Gasteiger partial charge in [-0.2, -0.15) is 0 Å². The van der Waals surface area contributed by atoms with Gasteiger partial charge in [0, 0.05) is 108 Å². The van der Waals surface area contributed by atoms with E-state index in [2.05, 4.69) is 91.6 Å². The summed E-state index contributed by atoms with van der Waals surface area (Å²) >= 11 is 0. The van der Waals surface area contributed by atoms with Crippen molar-refractivity contribution >= 4 is 35.1 Å². The minimum atomic E-state index is -0.601. The molecule has 6 aliphatic rings. The molecular weight excluding hydrogens is 779 g/mol. The molecule has 5 amide bonds. The van der Waals surface area contributed by atoms with Crippen LogP contribution in [0.4, 0.5) is 16.2 Å². The summed E-state index contributed by atoms with van der Waals surface area (Å²) in [5.74, 6) is 0.708. The first-order chi connectivity index (χ1) is 30.3. The highest BCUT2D eigenvalue weighted by atomic mass is 16.3. The van der Waals surface area contributed by atoms with Crippen molar-refractivity contribution in [1.29, 1.82) is 0 Å². The van der Waals surface area contributed by atoms with Crippen LogP contribution >= 0.6 is 0 Å². The predicted octanol–water partition coefficient (Wildman–Crippen LogP) is 5.79. The number of carbonyl (C=O) groups excluding carboxylic acids is 4. The summed E-state index contributed by atoms with van der Waals surface area (Å²) in [4.78, 5) is 64.1. The number of phenolic OH excluding ortho intramolecular Hbond substituents is 1. The number of imide groups is 1. The van der Waals surface area contributed by atoms with Gasteiger partial charge in [-0.15, -0.1) is 0 Å². The van der Waals surface area contributed by atoms with Gasteiger partial charge in [-0.25, -0.2) is 4.79 Å². The summed E-state index contributed by atoms with van der Waals surface area (Å²) in [6, 6.07) is 31.4. The molecule has 5 heterocycles. The third kappa shape index (κ3) is 8.00. The lowest BCUT2D eigenvalue weighted by Gasteiger charge is -2.42. The molecule has 2 N–H and O–H groups in total. The Kier molecular flexibility index (Phi) is 11.1. The zero-order valence-electron chi connectivity index (χ0n) is 35.5. The van der Waals surface area contributed by atoms with E-state index in [4.69, 9.17) is 0 Å². The van der Waals surface area contributed by atoms with Crippen LogP contribution in [0.15, 0.2) is 91.0 Å². The van der Waals surface area contributed by atoms with E-state index in [1.165, 1.54) is 27.9 Å². The molecule has 10 rings (SSSR count). The molecule has 4 saturated heterocycles. The van der Waals surface area contributed by atoms with Crippen LogP contribution in [-0.2, 0) is 22.6 Å². The summed E-state index contributed by atoms with van der Waals surface area (Å²) in [6.45, 7) is 9.89. The van der Waals surface area contributed by atoms with Gasteiger partial charge in [0.25, 0.3) is 5.91 Å². The number of likely N-dealkylation sites (tertiary alicyclic amines) is 1. The number of fused-ring (bicyclic) bond motifs is 2. The first-order valence-electron chi connectivity index (χ1n) is 22.8.